The Hall–Kier alpha value is -2.95. The maximum atomic E-state index is 12.9. The number of hydrogen-bond donors (Lipinski definition) is 0. The smallest absolute Gasteiger partial charge is 0.264 e. The summed E-state index contributed by atoms with van der Waals surface area (Å²) in [5.74, 6) is 0. The number of pyridine rings is 2. The molecule has 4 rings (SSSR count). The molecule has 0 saturated heterocycles. The van der Waals surface area contributed by atoms with E-state index in [4.69, 9.17) is 0 Å². The van der Waals surface area contributed by atoms with Crippen LogP contribution in [0.25, 0.3) is 32.8 Å². The molecule has 2 heterocycles. The molecule has 2 aromatic carbocycles. The van der Waals surface area contributed by atoms with E-state index in [1.165, 1.54) is 6.07 Å². The molecule has 0 radical (unpaired) electrons. The third kappa shape index (κ3) is 2.48. The zero-order valence-corrected chi connectivity index (χ0v) is 12.4. The molecule has 4 aromatic rings. The summed E-state index contributed by atoms with van der Waals surface area (Å²) in [5, 5.41) is 2.81. The lowest BCUT2D eigenvalue weighted by molar-refractivity contribution is -0.137. The van der Waals surface area contributed by atoms with Crippen molar-refractivity contribution in [2.45, 2.75) is 6.18 Å². The van der Waals surface area contributed by atoms with E-state index in [2.05, 4.69) is 9.97 Å². The molecule has 0 bridgehead atoms. The Kier molecular flexibility index (Phi) is 3.23. The number of hydrogen-bond acceptors (Lipinski definition) is 2. The molecule has 0 spiro atoms. The van der Waals surface area contributed by atoms with E-state index in [0.717, 1.165) is 33.8 Å². The molecule has 0 N–H and O–H groups in total. The van der Waals surface area contributed by atoms with Gasteiger partial charge in [-0.25, -0.2) is 0 Å². The van der Waals surface area contributed by atoms with Crippen LogP contribution in [-0.4, -0.2) is 9.97 Å². The molecular weight excluding hydrogens is 313 g/mol. The Labute approximate surface area is 135 Å². The van der Waals surface area contributed by atoms with Crippen LogP contribution in [0.1, 0.15) is 5.56 Å². The van der Waals surface area contributed by atoms with E-state index >= 15 is 0 Å². The minimum absolute atomic E-state index is 0.486. The Bertz CT molecular complexity index is 1060. The summed E-state index contributed by atoms with van der Waals surface area (Å²) < 4.78 is 38.8. The first-order chi connectivity index (χ1) is 11.5. The van der Waals surface area contributed by atoms with Gasteiger partial charge < -0.3 is 0 Å². The average molecular weight is 324 g/mol. The van der Waals surface area contributed by atoms with Crippen LogP contribution in [0.2, 0.25) is 0 Å². The molecule has 0 aliphatic carbocycles. The van der Waals surface area contributed by atoms with E-state index in [1.807, 2.05) is 24.3 Å². The highest BCUT2D eigenvalue weighted by Crippen LogP contribution is 2.33. The largest absolute Gasteiger partial charge is 0.416 e. The van der Waals surface area contributed by atoms with Gasteiger partial charge in [0.05, 0.1) is 11.1 Å². The van der Waals surface area contributed by atoms with Gasteiger partial charge in [0, 0.05) is 34.9 Å². The molecule has 0 aliphatic rings. The van der Waals surface area contributed by atoms with Crippen LogP contribution in [0.3, 0.4) is 0 Å². The molecule has 0 amide bonds. The quantitative estimate of drug-likeness (QED) is 0.434. The molecular formula is C19H11F3N2. The van der Waals surface area contributed by atoms with Gasteiger partial charge in [0.15, 0.2) is 0 Å². The highest BCUT2D eigenvalue weighted by Gasteiger charge is 2.30. The topological polar surface area (TPSA) is 25.8 Å². The van der Waals surface area contributed by atoms with E-state index in [-0.39, 0.29) is 0 Å². The lowest BCUT2D eigenvalue weighted by atomic mass is 10.0. The Morgan fingerprint density at radius 2 is 1.67 bits per heavy atom. The molecule has 118 valence electrons. The van der Waals surface area contributed by atoms with Crippen LogP contribution in [0, 0.1) is 0 Å². The molecule has 24 heavy (non-hydrogen) atoms. The van der Waals surface area contributed by atoms with Gasteiger partial charge in [0.25, 0.3) is 0 Å². The molecule has 2 aromatic heterocycles. The molecule has 0 atom stereocenters. The minimum Gasteiger partial charge on any atom is -0.264 e. The van der Waals surface area contributed by atoms with Crippen molar-refractivity contribution >= 4 is 21.7 Å². The first-order valence-electron chi connectivity index (χ1n) is 7.32. The lowest BCUT2D eigenvalue weighted by Crippen LogP contribution is -2.04. The van der Waals surface area contributed by atoms with Crippen molar-refractivity contribution in [3.8, 4) is 11.1 Å². The van der Waals surface area contributed by atoms with Crippen molar-refractivity contribution < 1.29 is 13.2 Å². The fraction of sp³-hybridized carbons (Fsp3) is 0.0526. The summed E-state index contributed by atoms with van der Waals surface area (Å²) in [6.45, 7) is 0. The molecule has 0 unspecified atom stereocenters. The number of aromatic nitrogens is 2. The van der Waals surface area contributed by atoms with Crippen molar-refractivity contribution in [2.75, 3.05) is 0 Å². The summed E-state index contributed by atoms with van der Waals surface area (Å²) in [6, 6.07) is 12.9. The van der Waals surface area contributed by atoms with Gasteiger partial charge in [-0.2, -0.15) is 13.2 Å². The summed E-state index contributed by atoms with van der Waals surface area (Å²) in [6.07, 6.45) is 0.685. The van der Waals surface area contributed by atoms with Crippen LogP contribution in [0.15, 0.2) is 67.1 Å². The van der Waals surface area contributed by atoms with Gasteiger partial charge in [-0.3, -0.25) is 9.97 Å². The van der Waals surface area contributed by atoms with Crippen molar-refractivity contribution in [1.29, 1.82) is 0 Å². The first-order valence-corrected chi connectivity index (χ1v) is 7.32. The van der Waals surface area contributed by atoms with Gasteiger partial charge >= 0.3 is 6.18 Å². The van der Waals surface area contributed by atoms with Gasteiger partial charge in [0.1, 0.15) is 0 Å². The Morgan fingerprint density at radius 3 is 2.50 bits per heavy atom. The summed E-state index contributed by atoms with van der Waals surface area (Å²) in [7, 11) is 0. The van der Waals surface area contributed by atoms with Crippen LogP contribution in [-0.2, 0) is 6.18 Å². The summed E-state index contributed by atoms with van der Waals surface area (Å²) in [5.41, 5.74) is 1.25. The SMILES string of the molecule is FC(F)(F)c1cccc(-c2cnc3ccc4ccncc4c3c2)c1. The van der Waals surface area contributed by atoms with Crippen LogP contribution in [0.4, 0.5) is 13.2 Å². The monoisotopic (exact) mass is 324 g/mol. The van der Waals surface area contributed by atoms with E-state index < -0.39 is 11.7 Å². The van der Waals surface area contributed by atoms with E-state index in [1.54, 1.807) is 24.7 Å². The zero-order valence-electron chi connectivity index (χ0n) is 12.4. The number of alkyl halides is 3. The second kappa shape index (κ2) is 5.30. The van der Waals surface area contributed by atoms with Gasteiger partial charge in [-0.15, -0.1) is 0 Å². The van der Waals surface area contributed by atoms with E-state index in [0.29, 0.717) is 11.1 Å². The van der Waals surface area contributed by atoms with Gasteiger partial charge in [-0.1, -0.05) is 18.2 Å². The number of benzene rings is 2. The Balaban J connectivity index is 1.93. The molecule has 0 aliphatic heterocycles. The third-order valence-corrected chi connectivity index (χ3v) is 4.01. The summed E-state index contributed by atoms with van der Waals surface area (Å²) in [4.78, 5) is 8.53. The third-order valence-electron chi connectivity index (χ3n) is 4.01. The normalized spacial score (nSPS) is 12.0. The van der Waals surface area contributed by atoms with Gasteiger partial charge in [-0.05, 0) is 41.3 Å². The minimum atomic E-state index is -4.36. The highest BCUT2D eigenvalue weighted by atomic mass is 19.4. The van der Waals surface area contributed by atoms with Crippen LogP contribution in [0.5, 0.6) is 0 Å². The Morgan fingerprint density at radius 1 is 0.792 bits per heavy atom. The first kappa shape index (κ1) is 14.6. The number of rotatable bonds is 1. The summed E-state index contributed by atoms with van der Waals surface area (Å²) >= 11 is 0. The van der Waals surface area contributed by atoms with Crippen LogP contribution < -0.4 is 0 Å². The van der Waals surface area contributed by atoms with Crippen molar-refractivity contribution in [3.05, 3.63) is 72.7 Å². The predicted octanol–water partition coefficient (Wildman–Crippen LogP) is 5.47. The average Bonchev–Trinajstić information content (AvgIpc) is 2.60. The van der Waals surface area contributed by atoms with Crippen molar-refractivity contribution in [3.63, 3.8) is 0 Å². The van der Waals surface area contributed by atoms with Gasteiger partial charge in [0.2, 0.25) is 0 Å². The molecule has 5 heteroatoms. The number of fused-ring (bicyclic) bond motifs is 3. The van der Waals surface area contributed by atoms with Crippen LogP contribution >= 0.6 is 0 Å². The van der Waals surface area contributed by atoms with E-state index in [9.17, 15) is 13.2 Å². The molecule has 0 fully saturated rings. The second-order valence-corrected chi connectivity index (χ2v) is 5.53. The standard InChI is InChI=1S/C19H11F3N2/c20-19(21,22)15-3-1-2-13(8-15)14-9-16-17-11-23-7-6-12(17)4-5-18(16)24-10-14/h1-11H. The molecule has 0 saturated carbocycles. The van der Waals surface area contributed by atoms with Crippen molar-refractivity contribution in [1.82, 2.24) is 9.97 Å². The maximum Gasteiger partial charge on any atom is 0.416 e. The number of nitrogens with zero attached hydrogens (tertiary/aromatic N) is 2. The fourth-order valence-electron chi connectivity index (χ4n) is 2.80. The zero-order chi connectivity index (χ0) is 16.7. The predicted molar refractivity (Wildman–Crippen MR) is 87.5 cm³/mol. The lowest BCUT2D eigenvalue weighted by Gasteiger charge is -2.10. The van der Waals surface area contributed by atoms with Crippen molar-refractivity contribution in [2.24, 2.45) is 0 Å². The fourth-order valence-corrected chi connectivity index (χ4v) is 2.80. The number of halogens is 3. The maximum absolute atomic E-state index is 12.9. The molecule has 2 nitrogen and oxygen atoms in total. The second-order valence-electron chi connectivity index (χ2n) is 5.53. The highest BCUT2D eigenvalue weighted by molar-refractivity contribution is 6.06.